The van der Waals surface area contributed by atoms with Gasteiger partial charge in [-0.15, -0.1) is 11.3 Å². The Morgan fingerprint density at radius 3 is 2.70 bits per heavy atom. The zero-order valence-electron chi connectivity index (χ0n) is 11.4. The van der Waals surface area contributed by atoms with Gasteiger partial charge in [0.15, 0.2) is 0 Å². The predicted octanol–water partition coefficient (Wildman–Crippen LogP) is 1.16. The second kappa shape index (κ2) is 5.80. The van der Waals surface area contributed by atoms with E-state index in [1.54, 1.807) is 0 Å². The summed E-state index contributed by atoms with van der Waals surface area (Å²) in [5.41, 5.74) is 0. The summed E-state index contributed by atoms with van der Waals surface area (Å²) in [7, 11) is 0.299. The summed E-state index contributed by atoms with van der Waals surface area (Å²) >= 11 is 0.808. The number of thiophene rings is 1. The summed E-state index contributed by atoms with van der Waals surface area (Å²) in [6.45, 7) is 0.947. The molecule has 1 aliphatic heterocycles. The molecule has 0 radical (unpaired) electrons. The Hall–Kier alpha value is -0.960. The monoisotopic (exact) mass is 318 g/mol. The van der Waals surface area contributed by atoms with E-state index in [0.29, 0.717) is 13.1 Å². The number of hydrogen-bond acceptors (Lipinski definition) is 5. The van der Waals surface area contributed by atoms with Gasteiger partial charge < -0.3 is 10.0 Å². The van der Waals surface area contributed by atoms with Crippen LogP contribution in [-0.2, 0) is 10.0 Å². The number of piperidine rings is 1. The van der Waals surface area contributed by atoms with Crippen LogP contribution >= 0.6 is 11.3 Å². The summed E-state index contributed by atoms with van der Waals surface area (Å²) < 4.78 is 26.6. The molecule has 1 atom stereocenters. The number of carbonyl (C=O) groups is 1. The van der Waals surface area contributed by atoms with Gasteiger partial charge in [0.1, 0.15) is 9.09 Å². The van der Waals surface area contributed by atoms with Gasteiger partial charge in [0.05, 0.1) is 0 Å². The van der Waals surface area contributed by atoms with Gasteiger partial charge >= 0.3 is 5.97 Å². The van der Waals surface area contributed by atoms with Crippen LogP contribution in [0.3, 0.4) is 0 Å². The van der Waals surface area contributed by atoms with Crippen molar-refractivity contribution in [1.29, 1.82) is 0 Å². The van der Waals surface area contributed by atoms with E-state index in [1.165, 1.54) is 16.4 Å². The van der Waals surface area contributed by atoms with Crippen molar-refractivity contribution in [2.24, 2.45) is 0 Å². The van der Waals surface area contributed by atoms with Gasteiger partial charge in [-0.05, 0) is 39.1 Å². The van der Waals surface area contributed by atoms with Crippen LogP contribution in [0.15, 0.2) is 16.3 Å². The Labute approximate surface area is 122 Å². The van der Waals surface area contributed by atoms with E-state index in [-0.39, 0.29) is 15.1 Å². The lowest BCUT2D eigenvalue weighted by Crippen LogP contribution is -2.47. The molecule has 1 unspecified atom stereocenters. The molecule has 8 heteroatoms. The van der Waals surface area contributed by atoms with Crippen LogP contribution in [0.5, 0.6) is 0 Å². The largest absolute Gasteiger partial charge is 0.477 e. The Morgan fingerprint density at radius 2 is 2.15 bits per heavy atom. The molecule has 20 heavy (non-hydrogen) atoms. The van der Waals surface area contributed by atoms with Gasteiger partial charge in [-0.1, -0.05) is 0 Å². The van der Waals surface area contributed by atoms with Crippen molar-refractivity contribution in [2.75, 3.05) is 27.2 Å². The number of sulfonamides is 1. The Morgan fingerprint density at radius 1 is 1.45 bits per heavy atom. The van der Waals surface area contributed by atoms with Gasteiger partial charge in [-0.3, -0.25) is 0 Å². The zero-order valence-corrected chi connectivity index (χ0v) is 13.1. The molecule has 2 rings (SSSR count). The highest BCUT2D eigenvalue weighted by molar-refractivity contribution is 7.91. The predicted molar refractivity (Wildman–Crippen MR) is 76.7 cm³/mol. The lowest BCUT2D eigenvalue weighted by atomic mass is 10.1. The normalized spacial score (nSPS) is 21.2. The molecule has 0 spiro atoms. The molecule has 0 amide bonds. The van der Waals surface area contributed by atoms with E-state index in [0.717, 1.165) is 24.2 Å². The molecular formula is C12H18N2O4S2. The molecule has 112 valence electrons. The number of nitrogens with zero attached hydrogens (tertiary/aromatic N) is 2. The summed E-state index contributed by atoms with van der Waals surface area (Å²) in [5, 5.41) is 8.88. The van der Waals surface area contributed by atoms with Crippen molar-refractivity contribution < 1.29 is 18.3 Å². The number of likely N-dealkylation sites (N-methyl/N-ethyl adjacent to an activating group) is 1. The van der Waals surface area contributed by atoms with Gasteiger partial charge in [-0.2, -0.15) is 4.31 Å². The third-order valence-corrected chi connectivity index (χ3v) is 6.88. The minimum atomic E-state index is -3.58. The number of rotatable bonds is 4. The minimum Gasteiger partial charge on any atom is -0.477 e. The first-order valence-electron chi connectivity index (χ1n) is 6.32. The van der Waals surface area contributed by atoms with Gasteiger partial charge in [0, 0.05) is 19.1 Å². The van der Waals surface area contributed by atoms with Crippen molar-refractivity contribution in [2.45, 2.75) is 23.1 Å². The number of aromatic carboxylic acids is 1. The first-order chi connectivity index (χ1) is 9.32. The number of carboxylic acids is 1. The maximum absolute atomic E-state index is 12.5. The van der Waals surface area contributed by atoms with Crippen LogP contribution in [0.25, 0.3) is 0 Å². The highest BCUT2D eigenvalue weighted by atomic mass is 32.2. The van der Waals surface area contributed by atoms with E-state index >= 15 is 0 Å². The highest BCUT2D eigenvalue weighted by Crippen LogP contribution is 2.27. The number of hydrogen-bond donors (Lipinski definition) is 1. The van der Waals surface area contributed by atoms with E-state index in [2.05, 4.69) is 0 Å². The average Bonchev–Trinajstić information content (AvgIpc) is 2.89. The summed E-state index contributed by atoms with van der Waals surface area (Å²) in [4.78, 5) is 12.9. The van der Waals surface area contributed by atoms with Crippen molar-refractivity contribution >= 4 is 27.3 Å². The Bertz CT molecular complexity index is 594. The Balaban J connectivity index is 2.22. The molecule has 1 aromatic heterocycles. The van der Waals surface area contributed by atoms with Gasteiger partial charge in [-0.25, -0.2) is 13.2 Å². The average molecular weight is 318 g/mol. The molecule has 1 aliphatic rings. The van der Waals surface area contributed by atoms with Crippen molar-refractivity contribution in [1.82, 2.24) is 9.21 Å². The minimum absolute atomic E-state index is 0.0461. The summed E-state index contributed by atoms with van der Waals surface area (Å²) in [5.74, 6) is -1.10. The Kier molecular flexibility index (Phi) is 4.48. The van der Waals surface area contributed by atoms with Gasteiger partial charge in [0.25, 0.3) is 10.0 Å². The van der Waals surface area contributed by atoms with Crippen molar-refractivity contribution in [3.8, 4) is 0 Å². The van der Waals surface area contributed by atoms with Crippen LogP contribution in [-0.4, -0.2) is 61.9 Å². The highest BCUT2D eigenvalue weighted by Gasteiger charge is 2.32. The maximum atomic E-state index is 12.5. The molecule has 1 saturated heterocycles. The van der Waals surface area contributed by atoms with Crippen LogP contribution < -0.4 is 0 Å². The third kappa shape index (κ3) is 3.03. The molecular weight excluding hydrogens is 300 g/mol. The standard InChI is InChI=1S/C12H18N2O4S2/c1-13(2)9-4-3-7-14(8-9)20(17,18)11-6-5-10(19-11)12(15)16/h5-6,9H,3-4,7-8H2,1-2H3,(H,15,16). The lowest BCUT2D eigenvalue weighted by Gasteiger charge is -2.35. The molecule has 0 bridgehead atoms. The van der Waals surface area contributed by atoms with E-state index < -0.39 is 16.0 Å². The van der Waals surface area contributed by atoms with E-state index in [1.807, 2.05) is 19.0 Å². The topological polar surface area (TPSA) is 77.9 Å². The smallest absolute Gasteiger partial charge is 0.345 e. The van der Waals surface area contributed by atoms with Crippen molar-refractivity contribution in [3.05, 3.63) is 17.0 Å². The van der Waals surface area contributed by atoms with Crippen LogP contribution in [0.1, 0.15) is 22.5 Å². The van der Waals surface area contributed by atoms with Crippen LogP contribution in [0, 0.1) is 0 Å². The molecule has 0 aromatic carbocycles. The van der Waals surface area contributed by atoms with E-state index in [9.17, 15) is 13.2 Å². The molecule has 1 N–H and O–H groups in total. The first kappa shape index (κ1) is 15.4. The van der Waals surface area contributed by atoms with Crippen LogP contribution in [0.2, 0.25) is 0 Å². The fraction of sp³-hybridized carbons (Fsp3) is 0.583. The summed E-state index contributed by atoms with van der Waals surface area (Å²) in [6.07, 6.45) is 1.79. The molecule has 0 saturated carbocycles. The fourth-order valence-corrected chi connectivity index (χ4v) is 5.08. The lowest BCUT2D eigenvalue weighted by molar-refractivity contribution is 0.0702. The molecule has 0 aliphatic carbocycles. The van der Waals surface area contributed by atoms with E-state index in [4.69, 9.17) is 5.11 Å². The fourth-order valence-electron chi connectivity index (χ4n) is 2.26. The van der Waals surface area contributed by atoms with Crippen LogP contribution in [0.4, 0.5) is 0 Å². The number of carboxylic acid groups (broad SMARTS) is 1. The molecule has 1 aromatic rings. The second-order valence-electron chi connectivity index (χ2n) is 5.05. The molecule has 2 heterocycles. The zero-order chi connectivity index (χ0) is 14.9. The summed E-state index contributed by atoms with van der Waals surface area (Å²) in [6, 6.07) is 2.92. The SMILES string of the molecule is CN(C)C1CCCN(S(=O)(=O)c2ccc(C(=O)O)s2)C1. The quantitative estimate of drug-likeness (QED) is 0.901. The maximum Gasteiger partial charge on any atom is 0.345 e. The second-order valence-corrected chi connectivity index (χ2v) is 8.30. The molecule has 6 nitrogen and oxygen atoms in total. The first-order valence-corrected chi connectivity index (χ1v) is 8.57. The van der Waals surface area contributed by atoms with Crippen molar-refractivity contribution in [3.63, 3.8) is 0 Å². The van der Waals surface area contributed by atoms with Gasteiger partial charge in [0.2, 0.25) is 0 Å². The third-order valence-electron chi connectivity index (χ3n) is 3.48. The molecule has 1 fully saturated rings.